The van der Waals surface area contributed by atoms with Crippen molar-refractivity contribution < 1.29 is 27.2 Å². The zero-order chi connectivity index (χ0) is 30.8. The molecule has 2 aromatic carbocycles. The molecule has 10 nitrogen and oxygen atoms in total. The van der Waals surface area contributed by atoms with Crippen molar-refractivity contribution in [3.8, 4) is 0 Å². The molecule has 0 saturated carbocycles. The molecule has 13 heteroatoms. The number of hydrogen-bond acceptors (Lipinski definition) is 6. The van der Waals surface area contributed by atoms with Crippen molar-refractivity contribution in [2.75, 3.05) is 19.6 Å². The molecular weight excluding hydrogens is 603 g/mol. The Hall–Kier alpha value is -3.12. The van der Waals surface area contributed by atoms with Crippen LogP contribution in [0, 0.1) is 5.92 Å². The predicted octanol–water partition coefficient (Wildman–Crippen LogP) is 4.31. The molecule has 3 amide bonds. The van der Waals surface area contributed by atoms with Gasteiger partial charge in [0.1, 0.15) is 16.5 Å². The fraction of sp³-hybridized carbons (Fsp3) is 0.414. The summed E-state index contributed by atoms with van der Waals surface area (Å²) in [5, 5.41) is 3.86. The van der Waals surface area contributed by atoms with Crippen molar-refractivity contribution >= 4 is 61.9 Å². The Bertz CT molecular complexity index is 1560. The number of amides is 3. The Kier molecular flexibility index (Phi) is 9.87. The number of likely N-dealkylation sites (tertiary alicyclic amines) is 1. The van der Waals surface area contributed by atoms with Gasteiger partial charge in [0, 0.05) is 23.5 Å². The SMILES string of the molecule is CCN(C(=O)CNS(=O)(=O)c1ccc(Cl)cc1Cl)[C@@H]1CN(C(=O)[C@H](CC(C)C)NC(=O)c2cc3ccccc3o2)C1C. The number of likely N-dealkylation sites (N-methyl/N-ethyl adjacent to an activating group) is 1. The first-order chi connectivity index (χ1) is 19.8. The number of para-hydroxylation sites is 1. The summed E-state index contributed by atoms with van der Waals surface area (Å²) in [6.07, 6.45) is 0.421. The highest BCUT2D eigenvalue weighted by atomic mass is 35.5. The van der Waals surface area contributed by atoms with Crippen LogP contribution in [0.2, 0.25) is 10.0 Å². The molecule has 2 heterocycles. The molecule has 42 heavy (non-hydrogen) atoms. The number of furan rings is 1. The molecule has 1 unspecified atom stereocenters. The van der Waals surface area contributed by atoms with Crippen molar-refractivity contribution in [1.29, 1.82) is 0 Å². The van der Waals surface area contributed by atoms with Crippen LogP contribution in [0.5, 0.6) is 0 Å². The molecule has 3 atom stereocenters. The van der Waals surface area contributed by atoms with Crippen LogP contribution in [-0.2, 0) is 19.6 Å². The maximum absolute atomic E-state index is 13.6. The van der Waals surface area contributed by atoms with Gasteiger partial charge in [-0.1, -0.05) is 55.2 Å². The molecule has 1 fully saturated rings. The molecule has 0 spiro atoms. The highest BCUT2D eigenvalue weighted by molar-refractivity contribution is 7.89. The summed E-state index contributed by atoms with van der Waals surface area (Å²) in [6.45, 7) is 7.64. The lowest BCUT2D eigenvalue weighted by molar-refractivity contribution is -0.153. The first-order valence-corrected chi connectivity index (χ1v) is 15.9. The van der Waals surface area contributed by atoms with Gasteiger partial charge in [0.25, 0.3) is 5.91 Å². The third-order valence-electron chi connectivity index (χ3n) is 7.33. The van der Waals surface area contributed by atoms with Crippen molar-refractivity contribution in [3.05, 3.63) is 64.3 Å². The average Bonchev–Trinajstić information content (AvgIpc) is 3.37. The van der Waals surface area contributed by atoms with E-state index in [1.807, 2.05) is 39.0 Å². The van der Waals surface area contributed by atoms with Gasteiger partial charge in [-0.15, -0.1) is 0 Å². The molecule has 0 aliphatic carbocycles. The van der Waals surface area contributed by atoms with E-state index in [0.717, 1.165) is 5.39 Å². The fourth-order valence-corrected chi connectivity index (χ4v) is 6.83. The van der Waals surface area contributed by atoms with Crippen LogP contribution in [0.25, 0.3) is 11.0 Å². The van der Waals surface area contributed by atoms with E-state index in [0.29, 0.717) is 18.5 Å². The smallest absolute Gasteiger partial charge is 0.287 e. The van der Waals surface area contributed by atoms with E-state index in [2.05, 4.69) is 10.0 Å². The number of nitrogens with zero attached hydrogens (tertiary/aromatic N) is 2. The molecule has 3 aromatic rings. The Morgan fingerprint density at radius 1 is 1.12 bits per heavy atom. The van der Waals surface area contributed by atoms with Crippen molar-refractivity contribution in [2.45, 2.75) is 57.1 Å². The number of halogens is 2. The number of sulfonamides is 1. The second-order valence-corrected chi connectivity index (χ2v) is 13.3. The predicted molar refractivity (Wildman–Crippen MR) is 161 cm³/mol. The standard InChI is InChI=1S/C29H34Cl2N4O6S/c1-5-34(27(36)15-32-42(39,40)26-11-10-20(30)14-21(26)31)23-16-35(18(23)4)29(38)22(12-17(2)3)33-28(37)25-13-19-8-6-7-9-24(19)41-25/h6-11,13-14,17-18,22-23,32H,5,12,15-16H2,1-4H3,(H,33,37)/t18?,22-,23+/m0/s1. The molecule has 0 bridgehead atoms. The molecule has 2 N–H and O–H groups in total. The summed E-state index contributed by atoms with van der Waals surface area (Å²) in [4.78, 5) is 42.7. The average molecular weight is 638 g/mol. The van der Waals surface area contributed by atoms with E-state index in [4.69, 9.17) is 27.6 Å². The number of nitrogens with one attached hydrogen (secondary N) is 2. The van der Waals surface area contributed by atoms with Gasteiger partial charge in [-0.25, -0.2) is 13.1 Å². The molecule has 1 aliphatic rings. The number of rotatable bonds is 11. The van der Waals surface area contributed by atoms with E-state index >= 15 is 0 Å². The van der Waals surface area contributed by atoms with Crippen molar-refractivity contribution in [3.63, 3.8) is 0 Å². The lowest BCUT2D eigenvalue weighted by atomic mass is 9.93. The van der Waals surface area contributed by atoms with Crippen molar-refractivity contribution in [1.82, 2.24) is 19.8 Å². The normalized spacial score (nSPS) is 17.6. The minimum atomic E-state index is -4.06. The van der Waals surface area contributed by atoms with Gasteiger partial charge in [0.15, 0.2) is 5.76 Å². The molecule has 4 rings (SSSR count). The first-order valence-electron chi connectivity index (χ1n) is 13.7. The molecule has 1 aliphatic heterocycles. The summed E-state index contributed by atoms with van der Waals surface area (Å²) < 4.78 is 33.5. The maximum atomic E-state index is 13.6. The molecule has 1 aromatic heterocycles. The van der Waals surface area contributed by atoms with Gasteiger partial charge in [-0.2, -0.15) is 0 Å². The van der Waals surface area contributed by atoms with Crippen LogP contribution in [0.15, 0.2) is 57.8 Å². The van der Waals surface area contributed by atoms with E-state index in [9.17, 15) is 22.8 Å². The number of carbonyl (C=O) groups excluding carboxylic acids is 3. The minimum Gasteiger partial charge on any atom is -0.451 e. The maximum Gasteiger partial charge on any atom is 0.287 e. The third-order valence-corrected chi connectivity index (χ3v) is 9.45. The Balaban J connectivity index is 1.39. The number of hydrogen-bond donors (Lipinski definition) is 2. The highest BCUT2D eigenvalue weighted by Crippen LogP contribution is 2.27. The molecule has 226 valence electrons. The Morgan fingerprint density at radius 3 is 2.45 bits per heavy atom. The third kappa shape index (κ3) is 6.91. The summed E-state index contributed by atoms with van der Waals surface area (Å²) in [7, 11) is -4.06. The summed E-state index contributed by atoms with van der Waals surface area (Å²) in [6, 6.07) is 11.4. The second-order valence-electron chi connectivity index (χ2n) is 10.7. The number of fused-ring (bicyclic) bond motifs is 1. The zero-order valence-corrected chi connectivity index (χ0v) is 26.1. The van der Waals surface area contributed by atoms with E-state index in [1.165, 1.54) is 18.2 Å². The van der Waals surface area contributed by atoms with Crippen LogP contribution in [0.3, 0.4) is 0 Å². The van der Waals surface area contributed by atoms with Crippen LogP contribution >= 0.6 is 23.2 Å². The largest absolute Gasteiger partial charge is 0.451 e. The lowest BCUT2D eigenvalue weighted by Crippen LogP contribution is -2.70. The van der Waals surface area contributed by atoms with Gasteiger partial charge in [0.2, 0.25) is 21.8 Å². The van der Waals surface area contributed by atoms with Gasteiger partial charge >= 0.3 is 0 Å². The monoisotopic (exact) mass is 636 g/mol. The highest BCUT2D eigenvalue weighted by Gasteiger charge is 2.45. The van der Waals surface area contributed by atoms with Gasteiger partial charge in [-0.05, 0) is 56.5 Å². The van der Waals surface area contributed by atoms with Gasteiger partial charge in [0.05, 0.1) is 23.7 Å². The Morgan fingerprint density at radius 2 is 1.83 bits per heavy atom. The summed E-state index contributed by atoms with van der Waals surface area (Å²) >= 11 is 11.9. The van der Waals surface area contributed by atoms with E-state index in [-0.39, 0.29) is 51.2 Å². The zero-order valence-electron chi connectivity index (χ0n) is 23.8. The van der Waals surface area contributed by atoms with E-state index < -0.39 is 34.4 Å². The number of benzene rings is 2. The lowest BCUT2D eigenvalue weighted by Gasteiger charge is -2.51. The molecule has 1 saturated heterocycles. The molecule has 0 radical (unpaired) electrons. The second kappa shape index (κ2) is 13.0. The van der Waals surface area contributed by atoms with Crippen LogP contribution in [-0.4, -0.2) is 73.7 Å². The van der Waals surface area contributed by atoms with Gasteiger partial charge in [-0.3, -0.25) is 14.4 Å². The quantitative estimate of drug-likeness (QED) is 0.323. The molecular formula is C29H34Cl2N4O6S. The summed E-state index contributed by atoms with van der Waals surface area (Å²) in [5.74, 6) is -0.922. The topological polar surface area (TPSA) is 129 Å². The number of carbonyl (C=O) groups is 3. The fourth-order valence-electron chi connectivity index (χ4n) is 5.08. The Labute approximate surface area is 255 Å². The summed E-state index contributed by atoms with van der Waals surface area (Å²) in [5.41, 5.74) is 0.580. The minimum absolute atomic E-state index is 0.0556. The van der Waals surface area contributed by atoms with Gasteiger partial charge < -0.3 is 19.5 Å². The van der Waals surface area contributed by atoms with Crippen molar-refractivity contribution in [2.24, 2.45) is 5.92 Å². The van der Waals surface area contributed by atoms with Crippen LogP contribution in [0.1, 0.15) is 44.7 Å². The first kappa shape index (κ1) is 31.8. The van der Waals surface area contributed by atoms with Crippen LogP contribution in [0.4, 0.5) is 0 Å². The van der Waals surface area contributed by atoms with E-state index in [1.54, 1.807) is 28.9 Å². The van der Waals surface area contributed by atoms with Crippen LogP contribution < -0.4 is 10.0 Å².